The zero-order valence-electron chi connectivity index (χ0n) is 14.4. The lowest BCUT2D eigenvalue weighted by Crippen LogP contribution is -2.58. The molecule has 1 saturated heterocycles. The molecule has 25 heavy (non-hydrogen) atoms. The number of aromatic hydroxyl groups is 1. The normalized spacial score (nSPS) is 19.9. The maximum absolute atomic E-state index is 10.1. The van der Waals surface area contributed by atoms with Crippen LogP contribution in [-0.2, 0) is 0 Å². The van der Waals surface area contributed by atoms with Crippen molar-refractivity contribution in [3.63, 3.8) is 0 Å². The predicted molar refractivity (Wildman–Crippen MR) is 99.1 cm³/mol. The summed E-state index contributed by atoms with van der Waals surface area (Å²) in [6, 6.07) is 9.73. The Morgan fingerprint density at radius 3 is 3.00 bits per heavy atom. The summed E-state index contributed by atoms with van der Waals surface area (Å²) in [4.78, 5) is 4.93. The average Bonchev–Trinajstić information content (AvgIpc) is 2.66. The van der Waals surface area contributed by atoms with Gasteiger partial charge in [-0.3, -0.25) is 4.90 Å². The molecule has 1 atom stereocenters. The fourth-order valence-electron chi connectivity index (χ4n) is 3.65. The topological polar surface area (TPSA) is 76.5 Å². The molecule has 2 aliphatic heterocycles. The molecule has 0 saturated carbocycles. The second-order valence-electron chi connectivity index (χ2n) is 6.61. The third-order valence-electron chi connectivity index (χ3n) is 5.01. The van der Waals surface area contributed by atoms with Crippen LogP contribution in [0.5, 0.6) is 5.75 Å². The van der Waals surface area contributed by atoms with Crippen LogP contribution in [0.3, 0.4) is 0 Å². The lowest BCUT2D eigenvalue weighted by atomic mass is 10.1. The summed E-state index contributed by atoms with van der Waals surface area (Å²) in [5, 5.41) is 25.4. The van der Waals surface area contributed by atoms with E-state index in [1.54, 1.807) is 6.07 Å². The Morgan fingerprint density at radius 1 is 1.28 bits per heavy atom. The Kier molecular flexibility index (Phi) is 4.42. The number of rotatable bonds is 4. The highest BCUT2D eigenvalue weighted by molar-refractivity contribution is 5.76. The van der Waals surface area contributed by atoms with Gasteiger partial charge in [0.1, 0.15) is 5.75 Å². The summed E-state index contributed by atoms with van der Waals surface area (Å²) in [6.07, 6.45) is 0. The summed E-state index contributed by atoms with van der Waals surface area (Å²) in [6.45, 7) is 6.04. The Morgan fingerprint density at radius 2 is 2.16 bits per heavy atom. The second-order valence-corrected chi connectivity index (χ2v) is 6.61. The molecule has 2 aromatic rings. The van der Waals surface area contributed by atoms with Crippen molar-refractivity contribution in [3.05, 3.63) is 30.3 Å². The zero-order chi connectivity index (χ0) is 17.2. The van der Waals surface area contributed by atoms with Gasteiger partial charge in [-0.15, -0.1) is 10.2 Å². The third kappa shape index (κ3) is 3.12. The highest BCUT2D eigenvalue weighted by atomic mass is 16.3. The highest BCUT2D eigenvalue weighted by Gasteiger charge is 2.32. The number of likely N-dealkylation sites (N-methyl/N-ethyl adjacent to an activating group) is 1. The molecule has 0 unspecified atom stereocenters. The number of aromatic nitrogens is 2. The van der Waals surface area contributed by atoms with Crippen LogP contribution in [0.4, 0.5) is 11.5 Å². The van der Waals surface area contributed by atoms with E-state index in [4.69, 9.17) is 0 Å². The van der Waals surface area contributed by atoms with Gasteiger partial charge >= 0.3 is 0 Å². The van der Waals surface area contributed by atoms with E-state index in [1.165, 1.54) is 0 Å². The minimum absolute atomic E-state index is 0.231. The van der Waals surface area contributed by atoms with Gasteiger partial charge in [-0.2, -0.15) is 0 Å². The Bertz CT molecular complexity index is 752. The molecule has 132 valence electrons. The molecule has 1 fully saturated rings. The minimum Gasteiger partial charge on any atom is -0.507 e. The average molecular weight is 340 g/mol. The third-order valence-corrected chi connectivity index (χ3v) is 5.01. The molecule has 0 amide bonds. The molecular weight excluding hydrogens is 316 g/mol. The van der Waals surface area contributed by atoms with Gasteiger partial charge in [0.2, 0.25) is 0 Å². The quantitative estimate of drug-likeness (QED) is 0.766. The number of para-hydroxylation sites is 1. The minimum atomic E-state index is 0.231. The van der Waals surface area contributed by atoms with Crippen LogP contribution in [-0.4, -0.2) is 72.6 Å². The molecular formula is C18H24N6O. The number of phenols is 1. The lowest BCUT2D eigenvalue weighted by molar-refractivity contribution is 0.226. The number of nitrogens with zero attached hydrogens (tertiary/aromatic N) is 4. The molecule has 3 heterocycles. The van der Waals surface area contributed by atoms with E-state index in [0.717, 1.165) is 50.8 Å². The SMILES string of the molecule is CNCCN1CCN2c3cc(-c4ccccc4O)nnc3NC[C@H]2C1. The molecule has 4 rings (SSSR count). The number of hydrogen-bond donors (Lipinski definition) is 3. The second kappa shape index (κ2) is 6.85. The van der Waals surface area contributed by atoms with Crippen LogP contribution in [0.25, 0.3) is 11.3 Å². The van der Waals surface area contributed by atoms with Crippen molar-refractivity contribution in [1.29, 1.82) is 0 Å². The first-order valence-electron chi connectivity index (χ1n) is 8.80. The van der Waals surface area contributed by atoms with Gasteiger partial charge < -0.3 is 20.6 Å². The van der Waals surface area contributed by atoms with Gasteiger partial charge in [-0.05, 0) is 25.2 Å². The molecule has 0 radical (unpaired) electrons. The molecule has 3 N–H and O–H groups in total. The van der Waals surface area contributed by atoms with Crippen LogP contribution < -0.4 is 15.5 Å². The van der Waals surface area contributed by atoms with Gasteiger partial charge in [-0.25, -0.2) is 0 Å². The van der Waals surface area contributed by atoms with Gasteiger partial charge in [-0.1, -0.05) is 12.1 Å². The van der Waals surface area contributed by atoms with Gasteiger partial charge in [0, 0.05) is 44.8 Å². The maximum atomic E-state index is 10.1. The summed E-state index contributed by atoms with van der Waals surface area (Å²) in [5.41, 5.74) is 2.50. The van der Waals surface area contributed by atoms with Crippen molar-refractivity contribution in [3.8, 4) is 17.0 Å². The van der Waals surface area contributed by atoms with Crippen LogP contribution in [0.2, 0.25) is 0 Å². The van der Waals surface area contributed by atoms with Gasteiger partial charge in [0.25, 0.3) is 0 Å². The van der Waals surface area contributed by atoms with Crippen molar-refractivity contribution in [2.45, 2.75) is 6.04 Å². The van der Waals surface area contributed by atoms with Crippen molar-refractivity contribution in [2.75, 3.05) is 56.5 Å². The Labute approximate surface area is 147 Å². The van der Waals surface area contributed by atoms with E-state index < -0.39 is 0 Å². The Balaban J connectivity index is 1.60. The largest absolute Gasteiger partial charge is 0.507 e. The van der Waals surface area contributed by atoms with E-state index in [2.05, 4.69) is 30.6 Å². The number of nitrogens with one attached hydrogen (secondary N) is 2. The maximum Gasteiger partial charge on any atom is 0.172 e. The predicted octanol–water partition coefficient (Wildman–Crippen LogP) is 0.985. The van der Waals surface area contributed by atoms with Gasteiger partial charge in [0.05, 0.1) is 17.4 Å². The standard InChI is InChI=1S/C18H24N6O/c1-19-6-7-23-8-9-24-13(12-23)11-20-18-16(24)10-15(21-22-18)14-4-2-3-5-17(14)25/h2-5,10,13,19,25H,6-9,11-12H2,1H3,(H,20,22)/t13-/m0/s1. The van der Waals surface area contributed by atoms with E-state index in [1.807, 2.05) is 31.3 Å². The summed E-state index contributed by atoms with van der Waals surface area (Å²) in [5.74, 6) is 1.06. The van der Waals surface area contributed by atoms with Crippen LogP contribution in [0.1, 0.15) is 0 Å². The first-order chi connectivity index (χ1) is 12.3. The first kappa shape index (κ1) is 16.1. The number of hydrogen-bond acceptors (Lipinski definition) is 7. The van der Waals surface area contributed by atoms with Crippen LogP contribution in [0.15, 0.2) is 30.3 Å². The molecule has 0 aliphatic carbocycles. The number of fused-ring (bicyclic) bond motifs is 3. The monoisotopic (exact) mass is 340 g/mol. The zero-order valence-corrected chi connectivity index (χ0v) is 14.4. The fourth-order valence-corrected chi connectivity index (χ4v) is 3.65. The number of phenolic OH excluding ortho intramolecular Hbond substituents is 1. The molecule has 7 heteroatoms. The first-order valence-corrected chi connectivity index (χ1v) is 8.80. The fraction of sp³-hybridized carbons (Fsp3) is 0.444. The number of piperazine rings is 1. The Hall–Kier alpha value is -2.38. The summed E-state index contributed by atoms with van der Waals surface area (Å²) >= 11 is 0. The van der Waals surface area contributed by atoms with Crippen molar-refractivity contribution >= 4 is 11.5 Å². The summed E-state index contributed by atoms with van der Waals surface area (Å²) < 4.78 is 0. The number of anilines is 2. The number of benzene rings is 1. The summed E-state index contributed by atoms with van der Waals surface area (Å²) in [7, 11) is 1.99. The van der Waals surface area contributed by atoms with Crippen molar-refractivity contribution in [2.24, 2.45) is 0 Å². The molecule has 0 bridgehead atoms. The van der Waals surface area contributed by atoms with E-state index in [-0.39, 0.29) is 5.75 Å². The van der Waals surface area contributed by atoms with Crippen LogP contribution in [0, 0.1) is 0 Å². The van der Waals surface area contributed by atoms with E-state index in [0.29, 0.717) is 17.3 Å². The lowest BCUT2D eigenvalue weighted by Gasteiger charge is -2.45. The highest BCUT2D eigenvalue weighted by Crippen LogP contribution is 2.35. The van der Waals surface area contributed by atoms with E-state index in [9.17, 15) is 5.11 Å². The molecule has 1 aromatic heterocycles. The van der Waals surface area contributed by atoms with E-state index >= 15 is 0 Å². The van der Waals surface area contributed by atoms with Crippen molar-refractivity contribution < 1.29 is 5.11 Å². The van der Waals surface area contributed by atoms with Crippen LogP contribution >= 0.6 is 0 Å². The molecule has 7 nitrogen and oxygen atoms in total. The van der Waals surface area contributed by atoms with Gasteiger partial charge in [0.15, 0.2) is 5.82 Å². The molecule has 1 aromatic carbocycles. The molecule has 2 aliphatic rings. The van der Waals surface area contributed by atoms with Crippen molar-refractivity contribution in [1.82, 2.24) is 20.4 Å². The smallest absolute Gasteiger partial charge is 0.172 e. The molecule has 0 spiro atoms.